The van der Waals surface area contributed by atoms with E-state index in [1.54, 1.807) is 12.1 Å². The molecule has 0 radical (unpaired) electrons. The SMILES string of the molecule is O=C(CCC1CCN(c2ccc(F)cc2)CC1)Cc1ccc2[nH]c(=O)oc2c1. The van der Waals surface area contributed by atoms with Crippen LogP contribution in [0.3, 0.4) is 0 Å². The van der Waals surface area contributed by atoms with E-state index in [-0.39, 0.29) is 11.6 Å². The minimum absolute atomic E-state index is 0.207. The molecular formula is C22H23FN2O3. The number of hydrogen-bond acceptors (Lipinski definition) is 4. The standard InChI is InChI=1S/C22H23FN2O3/c23-17-3-5-18(6-4-17)25-11-9-15(10-12-25)1-7-19(26)13-16-2-8-20-21(14-16)28-22(27)24-20/h2-6,8,14-15H,1,7,9-13H2,(H,24,27). The lowest BCUT2D eigenvalue weighted by molar-refractivity contribution is -0.118. The van der Waals surface area contributed by atoms with Crippen LogP contribution >= 0.6 is 0 Å². The third-order valence-electron chi connectivity index (χ3n) is 5.52. The number of carbonyl (C=O) groups is 1. The number of aromatic nitrogens is 1. The quantitative estimate of drug-likeness (QED) is 0.698. The zero-order chi connectivity index (χ0) is 19.5. The van der Waals surface area contributed by atoms with Crippen LogP contribution in [0.5, 0.6) is 0 Å². The van der Waals surface area contributed by atoms with Crippen LogP contribution in [0, 0.1) is 11.7 Å². The molecule has 146 valence electrons. The van der Waals surface area contributed by atoms with Crippen LogP contribution in [0.2, 0.25) is 0 Å². The molecule has 1 fully saturated rings. The number of aromatic amines is 1. The molecular weight excluding hydrogens is 359 g/mol. The fraction of sp³-hybridized carbons (Fsp3) is 0.364. The molecule has 1 saturated heterocycles. The van der Waals surface area contributed by atoms with Crippen molar-refractivity contribution >= 4 is 22.6 Å². The van der Waals surface area contributed by atoms with Gasteiger partial charge in [0.05, 0.1) is 5.52 Å². The second-order valence-corrected chi connectivity index (χ2v) is 7.51. The fourth-order valence-electron chi connectivity index (χ4n) is 3.91. The Bertz CT molecular complexity index is 1010. The molecule has 1 aliphatic heterocycles. The highest BCUT2D eigenvalue weighted by atomic mass is 19.1. The van der Waals surface area contributed by atoms with Gasteiger partial charge in [0.15, 0.2) is 5.58 Å². The number of fused-ring (bicyclic) bond motifs is 1. The zero-order valence-electron chi connectivity index (χ0n) is 15.6. The van der Waals surface area contributed by atoms with Crippen LogP contribution in [0.15, 0.2) is 51.7 Å². The van der Waals surface area contributed by atoms with Crippen LogP contribution in [0.25, 0.3) is 11.1 Å². The number of ketones is 1. The zero-order valence-corrected chi connectivity index (χ0v) is 15.6. The van der Waals surface area contributed by atoms with Crippen molar-refractivity contribution in [3.63, 3.8) is 0 Å². The lowest BCUT2D eigenvalue weighted by Crippen LogP contribution is -2.33. The Labute approximate surface area is 162 Å². The largest absolute Gasteiger partial charge is 0.417 e. The Morgan fingerprint density at radius 3 is 2.64 bits per heavy atom. The molecule has 0 atom stereocenters. The van der Waals surface area contributed by atoms with E-state index in [1.807, 2.05) is 18.2 Å². The molecule has 1 aromatic heterocycles. The van der Waals surface area contributed by atoms with Crippen molar-refractivity contribution in [1.82, 2.24) is 4.98 Å². The first-order valence-corrected chi connectivity index (χ1v) is 9.71. The van der Waals surface area contributed by atoms with E-state index in [1.165, 1.54) is 12.1 Å². The number of nitrogens with zero attached hydrogens (tertiary/aromatic N) is 1. The Morgan fingerprint density at radius 2 is 1.89 bits per heavy atom. The number of Topliss-reactive ketones (excluding diaryl/α,β-unsaturated/α-hetero) is 1. The molecule has 0 aliphatic carbocycles. The predicted octanol–water partition coefficient (Wildman–Crippen LogP) is 4.07. The van der Waals surface area contributed by atoms with Gasteiger partial charge in [-0.15, -0.1) is 0 Å². The van der Waals surface area contributed by atoms with Gasteiger partial charge in [-0.3, -0.25) is 9.78 Å². The first kappa shape index (κ1) is 18.5. The molecule has 3 aromatic rings. The van der Waals surface area contributed by atoms with E-state index in [0.29, 0.717) is 29.9 Å². The molecule has 2 heterocycles. The van der Waals surface area contributed by atoms with Crippen molar-refractivity contribution in [3.8, 4) is 0 Å². The van der Waals surface area contributed by atoms with Gasteiger partial charge in [0.25, 0.3) is 0 Å². The number of halogens is 1. The van der Waals surface area contributed by atoms with Crippen molar-refractivity contribution in [2.45, 2.75) is 32.1 Å². The van der Waals surface area contributed by atoms with Crippen molar-refractivity contribution in [3.05, 3.63) is 64.4 Å². The molecule has 6 heteroatoms. The highest BCUT2D eigenvalue weighted by molar-refractivity contribution is 5.82. The number of benzene rings is 2. The van der Waals surface area contributed by atoms with Gasteiger partial charge in [0, 0.05) is 31.6 Å². The van der Waals surface area contributed by atoms with E-state index >= 15 is 0 Å². The summed E-state index contributed by atoms with van der Waals surface area (Å²) in [5.74, 6) is 0.0596. The van der Waals surface area contributed by atoms with Crippen LogP contribution in [-0.4, -0.2) is 23.9 Å². The average Bonchev–Trinajstić information content (AvgIpc) is 3.07. The summed E-state index contributed by atoms with van der Waals surface area (Å²) in [4.78, 5) is 28.5. The number of oxazole rings is 1. The Kier molecular flexibility index (Phi) is 5.28. The minimum atomic E-state index is -0.481. The summed E-state index contributed by atoms with van der Waals surface area (Å²) < 4.78 is 18.1. The van der Waals surface area contributed by atoms with Crippen LogP contribution in [-0.2, 0) is 11.2 Å². The fourth-order valence-corrected chi connectivity index (χ4v) is 3.91. The summed E-state index contributed by atoms with van der Waals surface area (Å²) in [6, 6.07) is 12.0. The Morgan fingerprint density at radius 1 is 1.14 bits per heavy atom. The molecule has 0 saturated carbocycles. The van der Waals surface area contributed by atoms with Crippen molar-refractivity contribution < 1.29 is 13.6 Å². The molecule has 0 bridgehead atoms. The topological polar surface area (TPSA) is 66.3 Å². The number of anilines is 1. The summed E-state index contributed by atoms with van der Waals surface area (Å²) in [7, 11) is 0. The molecule has 1 aliphatic rings. The third kappa shape index (κ3) is 4.32. The van der Waals surface area contributed by atoms with Gasteiger partial charge in [-0.2, -0.15) is 0 Å². The maximum Gasteiger partial charge on any atom is 0.417 e. The second kappa shape index (κ2) is 8.00. The highest BCUT2D eigenvalue weighted by Gasteiger charge is 2.20. The highest BCUT2D eigenvalue weighted by Crippen LogP contribution is 2.26. The molecule has 0 amide bonds. The molecule has 0 spiro atoms. The molecule has 1 N–H and O–H groups in total. The number of rotatable bonds is 6. The van der Waals surface area contributed by atoms with Crippen LogP contribution in [0.1, 0.15) is 31.2 Å². The first-order chi connectivity index (χ1) is 13.6. The molecule has 4 rings (SSSR count). The lowest BCUT2D eigenvalue weighted by Gasteiger charge is -2.33. The smallest absolute Gasteiger partial charge is 0.408 e. The summed E-state index contributed by atoms with van der Waals surface area (Å²) in [5.41, 5.74) is 3.06. The number of H-pyrrole nitrogens is 1. The average molecular weight is 382 g/mol. The van der Waals surface area contributed by atoms with Gasteiger partial charge in [-0.1, -0.05) is 6.07 Å². The summed E-state index contributed by atoms with van der Waals surface area (Å²) in [5, 5.41) is 0. The summed E-state index contributed by atoms with van der Waals surface area (Å²) >= 11 is 0. The number of piperidine rings is 1. The number of hydrogen-bond donors (Lipinski definition) is 1. The molecule has 0 unspecified atom stereocenters. The maximum absolute atomic E-state index is 13.1. The van der Waals surface area contributed by atoms with Gasteiger partial charge in [-0.25, -0.2) is 9.18 Å². The van der Waals surface area contributed by atoms with Gasteiger partial charge in [-0.05, 0) is 67.1 Å². The van der Waals surface area contributed by atoms with E-state index in [9.17, 15) is 14.0 Å². The van der Waals surface area contributed by atoms with Crippen molar-refractivity contribution in [2.75, 3.05) is 18.0 Å². The maximum atomic E-state index is 13.1. The van der Waals surface area contributed by atoms with Crippen molar-refractivity contribution in [1.29, 1.82) is 0 Å². The summed E-state index contributed by atoms with van der Waals surface area (Å²) in [6.07, 6.45) is 3.92. The van der Waals surface area contributed by atoms with E-state index in [4.69, 9.17) is 4.42 Å². The first-order valence-electron chi connectivity index (χ1n) is 9.71. The van der Waals surface area contributed by atoms with E-state index < -0.39 is 5.76 Å². The van der Waals surface area contributed by atoms with Gasteiger partial charge in [0.2, 0.25) is 0 Å². The monoisotopic (exact) mass is 382 g/mol. The Balaban J connectivity index is 1.24. The van der Waals surface area contributed by atoms with Gasteiger partial charge < -0.3 is 9.32 Å². The predicted molar refractivity (Wildman–Crippen MR) is 106 cm³/mol. The molecule has 28 heavy (non-hydrogen) atoms. The Hall–Kier alpha value is -2.89. The van der Waals surface area contributed by atoms with Crippen LogP contribution < -0.4 is 10.7 Å². The summed E-state index contributed by atoms with van der Waals surface area (Å²) in [6.45, 7) is 1.88. The van der Waals surface area contributed by atoms with E-state index in [2.05, 4.69) is 9.88 Å². The lowest BCUT2D eigenvalue weighted by atomic mass is 9.90. The van der Waals surface area contributed by atoms with E-state index in [0.717, 1.165) is 43.6 Å². The number of nitrogens with one attached hydrogen (secondary N) is 1. The number of carbonyl (C=O) groups excluding carboxylic acids is 1. The van der Waals surface area contributed by atoms with Gasteiger partial charge in [0.1, 0.15) is 11.6 Å². The third-order valence-corrected chi connectivity index (χ3v) is 5.52. The second-order valence-electron chi connectivity index (χ2n) is 7.51. The normalized spacial score (nSPS) is 15.2. The molecule has 2 aromatic carbocycles. The molecule has 5 nitrogen and oxygen atoms in total. The minimum Gasteiger partial charge on any atom is -0.408 e. The van der Waals surface area contributed by atoms with Crippen molar-refractivity contribution in [2.24, 2.45) is 5.92 Å². The van der Waals surface area contributed by atoms with Gasteiger partial charge >= 0.3 is 5.76 Å². The van der Waals surface area contributed by atoms with Crippen LogP contribution in [0.4, 0.5) is 10.1 Å².